The molecule has 1 fully saturated rings. The molecule has 1 N–H and O–H groups in total. The van der Waals surface area contributed by atoms with Crippen LogP contribution in [0.4, 0.5) is 26.5 Å². The van der Waals surface area contributed by atoms with Crippen LogP contribution in [0, 0.1) is 5.82 Å². The number of rotatable bonds is 4. The summed E-state index contributed by atoms with van der Waals surface area (Å²) in [5.41, 5.74) is 0.146. The maximum absolute atomic E-state index is 14.5. The van der Waals surface area contributed by atoms with E-state index in [1.54, 1.807) is 27.9 Å². The van der Waals surface area contributed by atoms with E-state index < -0.39 is 21.3 Å². The molecule has 3 aromatic rings. The maximum Gasteiger partial charge on any atom is 0.410 e. The smallest absolute Gasteiger partial charge is 0.410 e. The molecule has 10 nitrogen and oxygen atoms in total. The molecule has 1 amide bonds. The van der Waals surface area contributed by atoms with Crippen LogP contribution in [0.3, 0.4) is 0 Å². The summed E-state index contributed by atoms with van der Waals surface area (Å²) in [6.45, 7) is 7.60. The summed E-state index contributed by atoms with van der Waals surface area (Å²) >= 11 is 0. The predicted molar refractivity (Wildman–Crippen MR) is 126 cm³/mol. The van der Waals surface area contributed by atoms with Gasteiger partial charge in [0.15, 0.2) is 21.3 Å². The molecule has 1 saturated heterocycles. The number of sulfone groups is 1. The van der Waals surface area contributed by atoms with Gasteiger partial charge in [0.1, 0.15) is 17.2 Å². The summed E-state index contributed by atoms with van der Waals surface area (Å²) < 4.78 is 45.0. The molecule has 12 heteroatoms. The van der Waals surface area contributed by atoms with Crippen molar-refractivity contribution in [3.63, 3.8) is 0 Å². The molecule has 182 valence electrons. The van der Waals surface area contributed by atoms with Gasteiger partial charge in [-0.2, -0.15) is 0 Å². The molecule has 1 aliphatic rings. The van der Waals surface area contributed by atoms with Gasteiger partial charge in [-0.15, -0.1) is 0 Å². The van der Waals surface area contributed by atoms with E-state index >= 15 is 0 Å². The zero-order chi connectivity index (χ0) is 24.7. The molecule has 1 aliphatic heterocycles. The fourth-order valence-electron chi connectivity index (χ4n) is 3.61. The molecule has 4 rings (SSSR count). The number of ether oxygens (including phenoxy) is 1. The van der Waals surface area contributed by atoms with Crippen LogP contribution >= 0.6 is 0 Å². The number of nitrogens with one attached hydrogen (secondary N) is 1. The van der Waals surface area contributed by atoms with Crippen molar-refractivity contribution in [3.8, 4) is 0 Å². The van der Waals surface area contributed by atoms with Gasteiger partial charge < -0.3 is 19.9 Å². The lowest BCUT2D eigenvalue weighted by Gasteiger charge is -2.36. The van der Waals surface area contributed by atoms with Crippen LogP contribution in [0.1, 0.15) is 20.8 Å². The Labute approximate surface area is 197 Å². The van der Waals surface area contributed by atoms with Gasteiger partial charge in [-0.25, -0.2) is 27.6 Å². The minimum atomic E-state index is -3.51. The summed E-state index contributed by atoms with van der Waals surface area (Å²) in [4.78, 5) is 24.9. The molecular weight excluding hydrogens is 463 g/mol. The van der Waals surface area contributed by atoms with Gasteiger partial charge in [0.05, 0.1) is 16.8 Å². The number of halogens is 1. The molecule has 34 heavy (non-hydrogen) atoms. The van der Waals surface area contributed by atoms with E-state index in [1.165, 1.54) is 12.1 Å². The van der Waals surface area contributed by atoms with Gasteiger partial charge in [-0.1, -0.05) is 0 Å². The Hall–Kier alpha value is -3.41. The van der Waals surface area contributed by atoms with E-state index in [0.717, 1.165) is 12.3 Å². The highest BCUT2D eigenvalue weighted by Gasteiger charge is 2.27. The third-order valence-electron chi connectivity index (χ3n) is 5.27. The zero-order valence-corrected chi connectivity index (χ0v) is 20.3. The average molecular weight is 491 g/mol. The lowest BCUT2D eigenvalue weighted by atomic mass is 10.2. The number of piperazine rings is 1. The minimum absolute atomic E-state index is 0.0919. The van der Waals surface area contributed by atoms with Gasteiger partial charge in [0, 0.05) is 44.8 Å². The fraction of sp³-hybridized carbons (Fsp3) is 0.409. The standard InChI is InChI=1S/C22H27FN6O4S/c1-22(2,3)33-21(30)28-11-9-27(10-12-28)19-20-25-14-18(29(20)8-7-24-19)26-17-6-5-15(13-16(17)23)34(4,31)32/h5-8,13-14,26H,9-12H2,1-4H3. The van der Waals surface area contributed by atoms with Crippen molar-refractivity contribution in [1.82, 2.24) is 19.3 Å². The summed E-state index contributed by atoms with van der Waals surface area (Å²) in [6.07, 6.45) is 5.57. The minimum Gasteiger partial charge on any atom is -0.444 e. The highest BCUT2D eigenvalue weighted by Crippen LogP contribution is 2.27. The fourth-order valence-corrected chi connectivity index (χ4v) is 4.25. The Kier molecular flexibility index (Phi) is 6.11. The number of imidazole rings is 1. The van der Waals surface area contributed by atoms with Crippen molar-refractivity contribution in [2.24, 2.45) is 0 Å². The number of carbonyl (C=O) groups is 1. The lowest BCUT2D eigenvalue weighted by Crippen LogP contribution is -2.50. The van der Waals surface area contributed by atoms with Crippen LogP contribution in [0.15, 0.2) is 41.7 Å². The Morgan fingerprint density at radius 2 is 1.85 bits per heavy atom. The predicted octanol–water partition coefficient (Wildman–Crippen LogP) is 3.07. The number of benzene rings is 1. The Morgan fingerprint density at radius 3 is 2.47 bits per heavy atom. The molecule has 0 bridgehead atoms. The summed E-state index contributed by atoms with van der Waals surface area (Å²) in [6, 6.07) is 3.71. The lowest BCUT2D eigenvalue weighted by molar-refractivity contribution is 0.0240. The molecule has 0 aliphatic carbocycles. The molecule has 0 unspecified atom stereocenters. The number of carbonyl (C=O) groups excluding carboxylic acids is 1. The van der Waals surface area contributed by atoms with Gasteiger partial charge in [0.25, 0.3) is 0 Å². The van der Waals surface area contributed by atoms with Crippen LogP contribution in [-0.2, 0) is 14.6 Å². The number of anilines is 3. The highest BCUT2D eigenvalue weighted by atomic mass is 32.2. The van der Waals surface area contributed by atoms with Crippen molar-refractivity contribution in [2.45, 2.75) is 31.3 Å². The molecule has 3 heterocycles. The number of nitrogens with zero attached hydrogens (tertiary/aromatic N) is 5. The quantitative estimate of drug-likeness (QED) is 0.594. The first kappa shape index (κ1) is 23.7. The first-order valence-electron chi connectivity index (χ1n) is 10.7. The summed E-state index contributed by atoms with van der Waals surface area (Å²) in [5.74, 6) is 0.453. The van der Waals surface area contributed by atoms with Crippen molar-refractivity contribution in [3.05, 3.63) is 42.6 Å². The van der Waals surface area contributed by atoms with E-state index in [4.69, 9.17) is 4.74 Å². The van der Waals surface area contributed by atoms with Gasteiger partial charge in [0.2, 0.25) is 0 Å². The third-order valence-corrected chi connectivity index (χ3v) is 6.38. The first-order valence-corrected chi connectivity index (χ1v) is 12.6. The largest absolute Gasteiger partial charge is 0.444 e. The van der Waals surface area contributed by atoms with Crippen molar-refractivity contribution in [1.29, 1.82) is 0 Å². The van der Waals surface area contributed by atoms with Gasteiger partial charge in [-0.3, -0.25) is 4.40 Å². The van der Waals surface area contributed by atoms with E-state index in [0.29, 0.717) is 43.5 Å². The second-order valence-electron chi connectivity index (χ2n) is 9.08. The van der Waals surface area contributed by atoms with Crippen LogP contribution in [0.2, 0.25) is 0 Å². The van der Waals surface area contributed by atoms with Crippen molar-refractivity contribution >= 4 is 38.9 Å². The van der Waals surface area contributed by atoms with Crippen LogP contribution < -0.4 is 10.2 Å². The van der Waals surface area contributed by atoms with E-state index in [9.17, 15) is 17.6 Å². The topological polar surface area (TPSA) is 109 Å². The molecule has 2 aromatic heterocycles. The van der Waals surface area contributed by atoms with E-state index in [-0.39, 0.29) is 16.7 Å². The van der Waals surface area contributed by atoms with Gasteiger partial charge in [-0.05, 0) is 39.0 Å². The summed E-state index contributed by atoms with van der Waals surface area (Å²) in [5, 5.41) is 2.96. The van der Waals surface area contributed by atoms with Crippen molar-refractivity contribution < 1.29 is 22.3 Å². The molecular formula is C22H27FN6O4S. The van der Waals surface area contributed by atoms with E-state index in [1.807, 2.05) is 25.7 Å². The van der Waals surface area contributed by atoms with Crippen molar-refractivity contribution in [2.75, 3.05) is 42.7 Å². The molecule has 0 radical (unpaired) electrons. The number of hydrogen-bond acceptors (Lipinski definition) is 8. The monoisotopic (exact) mass is 490 g/mol. The van der Waals surface area contributed by atoms with Crippen LogP contribution in [0.5, 0.6) is 0 Å². The molecule has 0 spiro atoms. The number of fused-ring (bicyclic) bond motifs is 1. The Balaban J connectivity index is 1.52. The second-order valence-corrected chi connectivity index (χ2v) is 11.1. The molecule has 0 atom stereocenters. The third kappa shape index (κ3) is 5.06. The zero-order valence-electron chi connectivity index (χ0n) is 19.4. The maximum atomic E-state index is 14.5. The molecule has 0 saturated carbocycles. The normalized spacial score (nSPS) is 15.0. The average Bonchev–Trinajstić information content (AvgIpc) is 3.16. The Bertz CT molecular complexity index is 1330. The van der Waals surface area contributed by atoms with Crippen LogP contribution in [-0.4, -0.2) is 71.8 Å². The number of amides is 1. The van der Waals surface area contributed by atoms with Gasteiger partial charge >= 0.3 is 6.09 Å². The summed E-state index contributed by atoms with van der Waals surface area (Å²) in [7, 11) is -3.51. The SMILES string of the molecule is CC(C)(C)OC(=O)N1CCN(c2nccn3c(Nc4ccc(S(C)(=O)=O)cc4F)cnc23)CC1. The van der Waals surface area contributed by atoms with E-state index in [2.05, 4.69) is 15.3 Å². The van der Waals surface area contributed by atoms with Crippen LogP contribution in [0.25, 0.3) is 5.65 Å². The number of hydrogen-bond donors (Lipinski definition) is 1. The highest BCUT2D eigenvalue weighted by molar-refractivity contribution is 7.90. The number of aromatic nitrogens is 3. The second kappa shape index (κ2) is 8.75. The molecule has 1 aromatic carbocycles. The first-order chi connectivity index (χ1) is 15.9. The Morgan fingerprint density at radius 1 is 1.15 bits per heavy atom.